The fraction of sp³-hybridized carbons (Fsp3) is 0.429. The van der Waals surface area contributed by atoms with Crippen molar-refractivity contribution in [2.75, 3.05) is 6.54 Å². The molecular weight excluding hydrogens is 547 g/mol. The van der Waals surface area contributed by atoms with Crippen LogP contribution in [0.3, 0.4) is 0 Å². The summed E-state index contributed by atoms with van der Waals surface area (Å²) in [7, 11) is -4.50. The number of hydrogen-bond donors (Lipinski definition) is 2. The van der Waals surface area contributed by atoms with E-state index in [2.05, 4.69) is 26.9 Å². The number of carbonyl (C=O) groups excluding carboxylic acids is 3. The van der Waals surface area contributed by atoms with E-state index < -0.39 is 40.3 Å². The number of benzene rings is 1. The van der Waals surface area contributed by atoms with Crippen molar-refractivity contribution in [1.29, 1.82) is 0 Å². The SMILES string of the molecule is CC1(C)OB(c2ccc(S(=O)(=O)NCCC#Cc3cccc4c3CN(C3CCC(=O)NC3=O)C4=O)nc2)OC1(C)C. The van der Waals surface area contributed by atoms with Crippen LogP contribution in [0.4, 0.5) is 0 Å². The maximum atomic E-state index is 13.0. The molecule has 2 saturated heterocycles. The Morgan fingerprint density at radius 2 is 1.85 bits per heavy atom. The molecule has 13 heteroatoms. The Hall–Kier alpha value is -3.57. The number of piperidine rings is 1. The summed E-state index contributed by atoms with van der Waals surface area (Å²) in [5.41, 5.74) is 1.39. The molecule has 41 heavy (non-hydrogen) atoms. The molecule has 4 heterocycles. The van der Waals surface area contributed by atoms with Crippen LogP contribution < -0.4 is 15.5 Å². The molecule has 214 valence electrons. The molecule has 3 aliphatic heterocycles. The Morgan fingerprint density at radius 3 is 2.51 bits per heavy atom. The second-order valence-electron chi connectivity index (χ2n) is 11.2. The van der Waals surface area contributed by atoms with Crippen molar-refractivity contribution in [3.63, 3.8) is 0 Å². The lowest BCUT2D eigenvalue weighted by Gasteiger charge is -2.32. The first-order valence-corrected chi connectivity index (χ1v) is 14.8. The highest BCUT2D eigenvalue weighted by atomic mass is 32.2. The van der Waals surface area contributed by atoms with Gasteiger partial charge in [0.25, 0.3) is 15.9 Å². The molecule has 1 aromatic heterocycles. The van der Waals surface area contributed by atoms with Crippen molar-refractivity contribution >= 4 is 40.3 Å². The first-order chi connectivity index (χ1) is 19.3. The quantitative estimate of drug-likeness (QED) is 0.222. The second kappa shape index (κ2) is 10.7. The Balaban J connectivity index is 1.18. The van der Waals surface area contributed by atoms with Crippen molar-refractivity contribution in [2.24, 2.45) is 0 Å². The van der Waals surface area contributed by atoms with Gasteiger partial charge in [-0.1, -0.05) is 24.0 Å². The molecule has 1 atom stereocenters. The predicted molar refractivity (Wildman–Crippen MR) is 149 cm³/mol. The Kier molecular flexibility index (Phi) is 7.54. The number of nitrogens with one attached hydrogen (secondary N) is 2. The lowest BCUT2D eigenvalue weighted by atomic mass is 9.80. The lowest BCUT2D eigenvalue weighted by Crippen LogP contribution is -2.52. The number of aromatic nitrogens is 1. The van der Waals surface area contributed by atoms with Gasteiger partial charge in [-0.05, 0) is 57.9 Å². The van der Waals surface area contributed by atoms with Crippen molar-refractivity contribution in [3.8, 4) is 11.8 Å². The topological polar surface area (TPSA) is 144 Å². The summed E-state index contributed by atoms with van der Waals surface area (Å²) in [6.45, 7) is 8.03. The number of hydrogen-bond acceptors (Lipinski definition) is 8. The lowest BCUT2D eigenvalue weighted by molar-refractivity contribution is -0.136. The highest BCUT2D eigenvalue weighted by molar-refractivity contribution is 7.89. The zero-order chi connectivity index (χ0) is 29.6. The summed E-state index contributed by atoms with van der Waals surface area (Å²) >= 11 is 0. The number of pyridine rings is 1. The Morgan fingerprint density at radius 1 is 1.12 bits per heavy atom. The Bertz CT molecular complexity index is 1560. The smallest absolute Gasteiger partial charge is 0.399 e. The van der Waals surface area contributed by atoms with Gasteiger partial charge >= 0.3 is 7.12 Å². The summed E-state index contributed by atoms with van der Waals surface area (Å²) in [6.07, 6.45) is 2.12. The highest BCUT2D eigenvalue weighted by Crippen LogP contribution is 2.36. The minimum Gasteiger partial charge on any atom is -0.399 e. The van der Waals surface area contributed by atoms with E-state index in [-0.39, 0.29) is 49.2 Å². The molecule has 11 nitrogen and oxygen atoms in total. The van der Waals surface area contributed by atoms with E-state index in [0.717, 1.165) is 0 Å². The third-order valence-electron chi connectivity index (χ3n) is 7.91. The van der Waals surface area contributed by atoms with Gasteiger partial charge in [-0.25, -0.2) is 18.1 Å². The highest BCUT2D eigenvalue weighted by Gasteiger charge is 2.51. The van der Waals surface area contributed by atoms with E-state index in [9.17, 15) is 22.8 Å². The standard InChI is InChI=1S/C28H31BN4O7S/c1-27(2)28(3,4)40-29(39-27)19-11-14-24(30-16-19)41(37,38)31-15-6-5-8-18-9-7-10-20-21(18)17-33(26(20)36)22-12-13-23(34)32-25(22)35/h7,9-11,14,16,22,31H,6,12-13,15,17H2,1-4H3,(H,32,34,35). The minimum absolute atomic E-state index is 0.0618. The van der Waals surface area contributed by atoms with Crippen LogP contribution in [0, 0.1) is 11.8 Å². The third-order valence-corrected chi connectivity index (χ3v) is 9.28. The van der Waals surface area contributed by atoms with E-state index in [1.54, 1.807) is 24.3 Å². The molecule has 3 amide bonds. The minimum atomic E-state index is -3.86. The Labute approximate surface area is 239 Å². The fourth-order valence-electron chi connectivity index (χ4n) is 4.85. The van der Waals surface area contributed by atoms with Gasteiger partial charge in [-0.2, -0.15) is 0 Å². The van der Waals surface area contributed by atoms with Gasteiger partial charge in [0.1, 0.15) is 6.04 Å². The van der Waals surface area contributed by atoms with Crippen molar-refractivity contribution < 1.29 is 32.1 Å². The summed E-state index contributed by atoms with van der Waals surface area (Å²) in [5, 5.41) is 2.16. The second-order valence-corrected chi connectivity index (χ2v) is 12.9. The summed E-state index contributed by atoms with van der Waals surface area (Å²) in [4.78, 5) is 42.3. The van der Waals surface area contributed by atoms with E-state index in [4.69, 9.17) is 9.31 Å². The summed E-state index contributed by atoms with van der Waals surface area (Å²) < 4.78 is 40.0. The van der Waals surface area contributed by atoms with Crippen LogP contribution in [-0.2, 0) is 35.5 Å². The molecular formula is C28H31BN4O7S. The average Bonchev–Trinajstić information content (AvgIpc) is 3.35. The van der Waals surface area contributed by atoms with E-state index in [1.807, 2.05) is 27.7 Å². The van der Waals surface area contributed by atoms with Crippen LogP contribution in [0.25, 0.3) is 0 Å². The molecule has 5 rings (SSSR count). The summed E-state index contributed by atoms with van der Waals surface area (Å²) in [6, 6.07) is 7.51. The van der Waals surface area contributed by atoms with Crippen LogP contribution in [0.15, 0.2) is 41.6 Å². The molecule has 0 spiro atoms. The molecule has 0 radical (unpaired) electrons. The van der Waals surface area contributed by atoms with Gasteiger partial charge in [0.05, 0.1) is 11.2 Å². The maximum absolute atomic E-state index is 13.0. The van der Waals surface area contributed by atoms with Crippen molar-refractivity contribution in [3.05, 3.63) is 53.2 Å². The van der Waals surface area contributed by atoms with Gasteiger partial charge in [0, 0.05) is 48.7 Å². The van der Waals surface area contributed by atoms with Crippen molar-refractivity contribution in [1.82, 2.24) is 19.9 Å². The largest absolute Gasteiger partial charge is 0.496 e. The van der Waals surface area contributed by atoms with E-state index in [1.165, 1.54) is 17.2 Å². The van der Waals surface area contributed by atoms with Gasteiger partial charge < -0.3 is 14.2 Å². The van der Waals surface area contributed by atoms with Crippen LogP contribution in [0.2, 0.25) is 0 Å². The fourth-order valence-corrected chi connectivity index (χ4v) is 5.81. The van der Waals surface area contributed by atoms with Gasteiger partial charge in [-0.3, -0.25) is 19.7 Å². The van der Waals surface area contributed by atoms with Gasteiger partial charge in [0.2, 0.25) is 11.8 Å². The van der Waals surface area contributed by atoms with Crippen LogP contribution in [0.1, 0.15) is 68.4 Å². The summed E-state index contributed by atoms with van der Waals surface area (Å²) in [5.74, 6) is 4.89. The van der Waals surface area contributed by atoms with E-state index >= 15 is 0 Å². The molecule has 3 aliphatic rings. The number of amides is 3. The third kappa shape index (κ3) is 5.65. The molecule has 2 N–H and O–H groups in total. The van der Waals surface area contributed by atoms with E-state index in [0.29, 0.717) is 22.2 Å². The molecule has 1 aromatic carbocycles. The number of imide groups is 1. The number of nitrogens with zero attached hydrogens (tertiary/aromatic N) is 2. The van der Waals surface area contributed by atoms with Crippen LogP contribution in [0.5, 0.6) is 0 Å². The monoisotopic (exact) mass is 578 g/mol. The number of carbonyl (C=O) groups is 3. The normalized spacial score (nSPS) is 21.4. The maximum Gasteiger partial charge on any atom is 0.496 e. The molecule has 2 fully saturated rings. The van der Waals surface area contributed by atoms with Gasteiger partial charge in [0.15, 0.2) is 5.03 Å². The molecule has 2 aromatic rings. The molecule has 0 saturated carbocycles. The number of fused-ring (bicyclic) bond motifs is 1. The first-order valence-electron chi connectivity index (χ1n) is 13.4. The molecule has 0 bridgehead atoms. The average molecular weight is 578 g/mol. The molecule has 1 unspecified atom stereocenters. The number of rotatable bonds is 6. The molecule has 0 aliphatic carbocycles. The first kappa shape index (κ1) is 28.9. The van der Waals surface area contributed by atoms with Crippen LogP contribution in [-0.4, -0.2) is 66.9 Å². The van der Waals surface area contributed by atoms with Crippen molar-refractivity contribution in [2.45, 2.75) is 75.8 Å². The predicted octanol–water partition coefficient (Wildman–Crippen LogP) is 0.862. The zero-order valence-electron chi connectivity index (χ0n) is 23.3. The van der Waals surface area contributed by atoms with Crippen LogP contribution >= 0.6 is 0 Å². The zero-order valence-corrected chi connectivity index (χ0v) is 24.1. The number of sulfonamides is 1. The van der Waals surface area contributed by atoms with Gasteiger partial charge in [-0.15, -0.1) is 0 Å².